The lowest BCUT2D eigenvalue weighted by molar-refractivity contribution is -0.121. The molecule has 2 N–H and O–H groups in total. The van der Waals surface area contributed by atoms with E-state index in [0.717, 1.165) is 18.7 Å². The molecular weight excluding hydrogens is 338 g/mol. The number of benzene rings is 2. The Kier molecular flexibility index (Phi) is 5.83. The third-order valence-electron chi connectivity index (χ3n) is 4.72. The van der Waals surface area contributed by atoms with E-state index in [1.165, 1.54) is 6.07 Å². The van der Waals surface area contributed by atoms with Gasteiger partial charge in [-0.15, -0.1) is 0 Å². The van der Waals surface area contributed by atoms with Crippen LogP contribution in [-0.4, -0.2) is 25.6 Å². The average molecular weight is 360 g/mol. The normalized spacial score (nSPS) is 15.4. The standard InChI is InChI=1S/C20H22F2N2O2/c1-13(16-11-23-12-16)19(25)24-17-7-8-18(26-20(21)22)15(10-17)9-14-5-3-2-4-6-14/h2-8,10,13,16,20,23H,9,11-12H2,1H3,(H,24,25). The largest absolute Gasteiger partial charge is 0.435 e. The second-order valence-corrected chi connectivity index (χ2v) is 6.56. The van der Waals surface area contributed by atoms with Crippen LogP contribution in [0.1, 0.15) is 18.1 Å². The summed E-state index contributed by atoms with van der Waals surface area (Å²) in [5.74, 6) is 0.286. The van der Waals surface area contributed by atoms with Crippen LogP contribution in [0.3, 0.4) is 0 Å². The maximum Gasteiger partial charge on any atom is 0.387 e. The third kappa shape index (κ3) is 4.58. The number of hydrogen-bond donors (Lipinski definition) is 2. The molecule has 1 aliphatic rings. The summed E-state index contributed by atoms with van der Waals surface area (Å²) in [5, 5.41) is 6.04. The van der Waals surface area contributed by atoms with Crippen LogP contribution >= 0.6 is 0 Å². The Morgan fingerprint density at radius 1 is 1.23 bits per heavy atom. The van der Waals surface area contributed by atoms with Gasteiger partial charge in [-0.2, -0.15) is 8.78 Å². The van der Waals surface area contributed by atoms with Gasteiger partial charge < -0.3 is 15.4 Å². The minimum atomic E-state index is -2.89. The molecule has 1 heterocycles. The number of anilines is 1. The minimum absolute atomic E-state index is 0.0651. The second-order valence-electron chi connectivity index (χ2n) is 6.56. The Morgan fingerprint density at radius 2 is 1.96 bits per heavy atom. The predicted octanol–water partition coefficient (Wildman–Crippen LogP) is 3.67. The lowest BCUT2D eigenvalue weighted by Gasteiger charge is -2.31. The summed E-state index contributed by atoms with van der Waals surface area (Å²) >= 11 is 0. The second kappa shape index (κ2) is 8.27. The third-order valence-corrected chi connectivity index (χ3v) is 4.72. The fourth-order valence-electron chi connectivity index (χ4n) is 2.96. The van der Waals surface area contributed by atoms with E-state index in [1.807, 2.05) is 37.3 Å². The summed E-state index contributed by atoms with van der Waals surface area (Å²) in [7, 11) is 0. The van der Waals surface area contributed by atoms with Gasteiger partial charge in [0.15, 0.2) is 0 Å². The monoisotopic (exact) mass is 360 g/mol. The highest BCUT2D eigenvalue weighted by atomic mass is 19.3. The first-order valence-electron chi connectivity index (χ1n) is 8.66. The molecule has 138 valence electrons. The molecule has 1 saturated heterocycles. The topological polar surface area (TPSA) is 50.4 Å². The van der Waals surface area contributed by atoms with Crippen molar-refractivity contribution in [2.24, 2.45) is 11.8 Å². The van der Waals surface area contributed by atoms with Gasteiger partial charge >= 0.3 is 6.61 Å². The summed E-state index contributed by atoms with van der Waals surface area (Å²) in [6.07, 6.45) is 0.439. The number of hydrogen-bond acceptors (Lipinski definition) is 3. The van der Waals surface area contributed by atoms with Crippen LogP contribution < -0.4 is 15.4 Å². The number of carbonyl (C=O) groups excluding carboxylic acids is 1. The van der Waals surface area contributed by atoms with Crippen LogP contribution in [0.5, 0.6) is 5.75 Å². The summed E-state index contributed by atoms with van der Waals surface area (Å²) < 4.78 is 30.0. The fraction of sp³-hybridized carbons (Fsp3) is 0.350. The summed E-state index contributed by atoms with van der Waals surface area (Å²) in [6.45, 7) is 0.695. The Morgan fingerprint density at radius 3 is 2.58 bits per heavy atom. The smallest absolute Gasteiger partial charge is 0.387 e. The molecule has 1 amide bonds. The van der Waals surface area contributed by atoms with Crippen LogP contribution in [-0.2, 0) is 11.2 Å². The number of alkyl halides is 2. The van der Waals surface area contributed by atoms with Crippen molar-refractivity contribution in [3.8, 4) is 5.75 Å². The average Bonchev–Trinajstić information content (AvgIpc) is 2.56. The van der Waals surface area contributed by atoms with Gasteiger partial charge in [-0.3, -0.25) is 4.79 Å². The van der Waals surface area contributed by atoms with E-state index in [4.69, 9.17) is 0 Å². The lowest BCUT2D eigenvalue weighted by Crippen LogP contribution is -2.48. The fourth-order valence-corrected chi connectivity index (χ4v) is 2.96. The highest BCUT2D eigenvalue weighted by Gasteiger charge is 2.28. The van der Waals surface area contributed by atoms with Crippen molar-refractivity contribution in [1.82, 2.24) is 5.32 Å². The van der Waals surface area contributed by atoms with Crippen LogP contribution in [0, 0.1) is 11.8 Å². The van der Waals surface area contributed by atoms with Gasteiger partial charge in [-0.1, -0.05) is 37.3 Å². The van der Waals surface area contributed by atoms with Gasteiger partial charge in [0.2, 0.25) is 5.91 Å². The van der Waals surface area contributed by atoms with Gasteiger partial charge in [-0.25, -0.2) is 0 Å². The molecule has 0 bridgehead atoms. The van der Waals surface area contributed by atoms with Crippen molar-refractivity contribution in [2.75, 3.05) is 18.4 Å². The predicted molar refractivity (Wildman–Crippen MR) is 96.5 cm³/mol. The Bertz CT molecular complexity index is 749. The van der Waals surface area contributed by atoms with Crippen molar-refractivity contribution < 1.29 is 18.3 Å². The molecule has 26 heavy (non-hydrogen) atoms. The first-order chi connectivity index (χ1) is 12.5. The van der Waals surface area contributed by atoms with Crippen molar-refractivity contribution in [3.63, 3.8) is 0 Å². The van der Waals surface area contributed by atoms with Crippen LogP contribution in [0.15, 0.2) is 48.5 Å². The number of halogens is 2. The molecule has 6 heteroatoms. The van der Waals surface area contributed by atoms with E-state index in [2.05, 4.69) is 15.4 Å². The SMILES string of the molecule is CC(C(=O)Nc1ccc(OC(F)F)c(Cc2ccccc2)c1)C1CNC1. The highest BCUT2D eigenvalue weighted by Crippen LogP contribution is 2.28. The summed E-state index contributed by atoms with van der Waals surface area (Å²) in [4.78, 5) is 12.4. The van der Waals surface area contributed by atoms with Crippen molar-refractivity contribution >= 4 is 11.6 Å². The molecule has 2 aromatic carbocycles. The molecule has 0 spiro atoms. The maximum absolute atomic E-state index is 12.7. The molecule has 0 saturated carbocycles. The van der Waals surface area contributed by atoms with E-state index in [-0.39, 0.29) is 17.6 Å². The molecule has 1 fully saturated rings. The first kappa shape index (κ1) is 18.3. The van der Waals surface area contributed by atoms with E-state index in [1.54, 1.807) is 12.1 Å². The number of carbonyl (C=O) groups is 1. The Labute approximate surface area is 151 Å². The summed E-state index contributed by atoms with van der Waals surface area (Å²) in [5.41, 5.74) is 2.16. The molecule has 1 unspecified atom stereocenters. The maximum atomic E-state index is 12.7. The van der Waals surface area contributed by atoms with Gasteiger partial charge in [0.25, 0.3) is 0 Å². The Hall–Kier alpha value is -2.47. The molecule has 1 atom stereocenters. The quantitative estimate of drug-likeness (QED) is 0.792. The molecule has 1 aliphatic heterocycles. The lowest BCUT2D eigenvalue weighted by atomic mass is 9.88. The van der Waals surface area contributed by atoms with Crippen LogP contribution in [0.25, 0.3) is 0 Å². The molecule has 0 radical (unpaired) electrons. The van der Waals surface area contributed by atoms with Crippen LogP contribution in [0.2, 0.25) is 0 Å². The van der Waals surface area contributed by atoms with Gasteiger partial charge in [0.1, 0.15) is 5.75 Å². The molecule has 2 aromatic rings. The van der Waals surface area contributed by atoms with E-state index >= 15 is 0 Å². The number of ether oxygens (including phenoxy) is 1. The Balaban J connectivity index is 1.78. The number of nitrogens with one attached hydrogen (secondary N) is 2. The molecule has 4 nitrogen and oxygen atoms in total. The van der Waals surface area contributed by atoms with Crippen LogP contribution in [0.4, 0.5) is 14.5 Å². The van der Waals surface area contributed by atoms with E-state index < -0.39 is 6.61 Å². The summed E-state index contributed by atoms with van der Waals surface area (Å²) in [6, 6.07) is 14.3. The van der Waals surface area contributed by atoms with Crippen molar-refractivity contribution in [1.29, 1.82) is 0 Å². The minimum Gasteiger partial charge on any atom is -0.435 e. The zero-order chi connectivity index (χ0) is 18.5. The highest BCUT2D eigenvalue weighted by molar-refractivity contribution is 5.92. The molecule has 0 aromatic heterocycles. The van der Waals surface area contributed by atoms with Crippen molar-refractivity contribution in [2.45, 2.75) is 20.0 Å². The van der Waals surface area contributed by atoms with Crippen molar-refractivity contribution in [3.05, 3.63) is 59.7 Å². The van der Waals surface area contributed by atoms with Gasteiger partial charge in [0, 0.05) is 23.6 Å². The zero-order valence-electron chi connectivity index (χ0n) is 14.5. The molecule has 3 rings (SSSR count). The van der Waals surface area contributed by atoms with E-state index in [0.29, 0.717) is 23.6 Å². The first-order valence-corrected chi connectivity index (χ1v) is 8.66. The number of rotatable bonds is 7. The van der Waals surface area contributed by atoms with E-state index in [9.17, 15) is 13.6 Å². The van der Waals surface area contributed by atoms with Gasteiger partial charge in [-0.05, 0) is 42.8 Å². The molecular formula is C20H22F2N2O2. The van der Waals surface area contributed by atoms with Gasteiger partial charge in [0.05, 0.1) is 0 Å². The number of amides is 1. The zero-order valence-corrected chi connectivity index (χ0v) is 14.5. The molecule has 0 aliphatic carbocycles.